The number of carbonyl (C=O) groups is 1. The van der Waals surface area contributed by atoms with Gasteiger partial charge in [-0.15, -0.1) is 11.3 Å². The first-order chi connectivity index (χ1) is 15.0. The number of ether oxygens (including phenoxy) is 1. The fraction of sp³-hybridized carbons (Fsp3) is 0.208. The molecule has 2 aromatic heterocycles. The summed E-state index contributed by atoms with van der Waals surface area (Å²) >= 11 is 1.50. The van der Waals surface area contributed by atoms with Gasteiger partial charge < -0.3 is 10.1 Å². The summed E-state index contributed by atoms with van der Waals surface area (Å²) in [5, 5.41) is 10.2. The quantitative estimate of drug-likeness (QED) is 0.436. The van der Waals surface area contributed by atoms with E-state index in [1.54, 1.807) is 0 Å². The first kappa shape index (κ1) is 20.8. The zero-order valence-corrected chi connectivity index (χ0v) is 18.4. The normalized spacial score (nSPS) is 10.8. The first-order valence-electron chi connectivity index (χ1n) is 10.1. The van der Waals surface area contributed by atoms with Crippen molar-refractivity contribution in [3.8, 4) is 5.75 Å². The molecule has 31 heavy (non-hydrogen) atoms. The highest BCUT2D eigenvalue weighted by atomic mass is 32.1. The third-order valence-electron chi connectivity index (χ3n) is 4.67. The summed E-state index contributed by atoms with van der Waals surface area (Å²) < 4.78 is 7.58. The molecule has 0 aliphatic carbocycles. The Morgan fingerprint density at radius 1 is 1.10 bits per heavy atom. The van der Waals surface area contributed by atoms with Gasteiger partial charge in [0.2, 0.25) is 5.91 Å². The summed E-state index contributed by atoms with van der Waals surface area (Å²) in [5.41, 5.74) is 3.90. The topological polar surface area (TPSA) is 69.0 Å². The lowest BCUT2D eigenvalue weighted by Crippen LogP contribution is -2.18. The largest absolute Gasteiger partial charge is 0.486 e. The summed E-state index contributed by atoms with van der Waals surface area (Å²) in [6.07, 6.45) is 0.205. The van der Waals surface area contributed by atoms with Crippen LogP contribution in [0.2, 0.25) is 0 Å². The molecule has 2 aromatic carbocycles. The number of nitrogens with one attached hydrogen (secondary N) is 1. The van der Waals surface area contributed by atoms with Crippen LogP contribution >= 0.6 is 11.3 Å². The number of thiazole rings is 1. The summed E-state index contributed by atoms with van der Waals surface area (Å²) in [5.74, 6) is 1.37. The lowest BCUT2D eigenvalue weighted by molar-refractivity contribution is -0.115. The Morgan fingerprint density at radius 3 is 2.65 bits per heavy atom. The fourth-order valence-corrected chi connectivity index (χ4v) is 3.86. The molecule has 7 heteroatoms. The highest BCUT2D eigenvalue weighted by molar-refractivity contribution is 7.09. The third-order valence-corrected chi connectivity index (χ3v) is 5.54. The number of amides is 1. The van der Waals surface area contributed by atoms with E-state index in [1.807, 2.05) is 84.6 Å². The second kappa shape index (κ2) is 9.57. The van der Waals surface area contributed by atoms with Crippen LogP contribution in [0.25, 0.3) is 0 Å². The van der Waals surface area contributed by atoms with Crippen molar-refractivity contribution >= 4 is 23.1 Å². The molecule has 0 radical (unpaired) electrons. The minimum absolute atomic E-state index is 0.120. The van der Waals surface area contributed by atoms with Crippen LogP contribution in [0.5, 0.6) is 5.75 Å². The Labute approximate surface area is 185 Å². The lowest BCUT2D eigenvalue weighted by atomic mass is 10.2. The van der Waals surface area contributed by atoms with Gasteiger partial charge in [0.25, 0.3) is 0 Å². The average molecular weight is 433 g/mol. The predicted molar refractivity (Wildman–Crippen MR) is 122 cm³/mol. The minimum Gasteiger partial charge on any atom is -0.486 e. The highest BCUT2D eigenvalue weighted by Gasteiger charge is 2.13. The molecule has 0 saturated carbocycles. The van der Waals surface area contributed by atoms with Crippen molar-refractivity contribution in [2.45, 2.75) is 33.4 Å². The molecule has 158 valence electrons. The van der Waals surface area contributed by atoms with Crippen molar-refractivity contribution in [1.29, 1.82) is 0 Å². The Bertz CT molecular complexity index is 1150. The van der Waals surface area contributed by atoms with Crippen LogP contribution in [0.1, 0.15) is 27.5 Å². The predicted octanol–water partition coefficient (Wildman–Crippen LogP) is 4.76. The number of carbonyl (C=O) groups excluding carboxylic acids is 1. The van der Waals surface area contributed by atoms with Crippen LogP contribution in [0, 0.1) is 13.8 Å². The van der Waals surface area contributed by atoms with E-state index in [0.717, 1.165) is 27.7 Å². The van der Waals surface area contributed by atoms with Crippen molar-refractivity contribution in [1.82, 2.24) is 14.8 Å². The van der Waals surface area contributed by atoms with Gasteiger partial charge in [0, 0.05) is 11.4 Å². The zero-order valence-electron chi connectivity index (χ0n) is 17.5. The van der Waals surface area contributed by atoms with Gasteiger partial charge in [0.05, 0.1) is 24.4 Å². The van der Waals surface area contributed by atoms with Gasteiger partial charge in [-0.1, -0.05) is 48.0 Å². The van der Waals surface area contributed by atoms with Gasteiger partial charge in [-0.25, -0.2) is 9.67 Å². The molecule has 0 saturated heterocycles. The van der Waals surface area contributed by atoms with Crippen LogP contribution in [-0.2, 0) is 24.4 Å². The van der Waals surface area contributed by atoms with E-state index >= 15 is 0 Å². The highest BCUT2D eigenvalue weighted by Crippen LogP contribution is 2.17. The Hall–Kier alpha value is -3.45. The van der Waals surface area contributed by atoms with Crippen LogP contribution < -0.4 is 10.1 Å². The van der Waals surface area contributed by atoms with E-state index in [9.17, 15) is 4.79 Å². The summed E-state index contributed by atoms with van der Waals surface area (Å²) in [6.45, 7) is 4.94. The van der Waals surface area contributed by atoms with Crippen molar-refractivity contribution < 1.29 is 9.53 Å². The Kier molecular flexibility index (Phi) is 6.43. The maximum absolute atomic E-state index is 12.6. The molecular formula is C24H24N4O2S. The average Bonchev–Trinajstić information content (AvgIpc) is 3.34. The Morgan fingerprint density at radius 2 is 1.87 bits per heavy atom. The van der Waals surface area contributed by atoms with E-state index in [0.29, 0.717) is 19.0 Å². The standard InChI is InChI=1S/C24H24N4O2S/c1-17-8-10-21(11-9-17)30-15-24-25-20(16-31-24)13-23(29)26-22-12-18(2)27-28(22)14-19-6-4-3-5-7-19/h3-12,16H,13-15H2,1-2H3,(H,26,29). The molecule has 0 aliphatic heterocycles. The summed E-state index contributed by atoms with van der Waals surface area (Å²) in [6, 6.07) is 19.8. The molecule has 0 unspecified atom stereocenters. The van der Waals surface area contributed by atoms with Gasteiger partial charge >= 0.3 is 0 Å². The van der Waals surface area contributed by atoms with Crippen LogP contribution in [0.3, 0.4) is 0 Å². The van der Waals surface area contributed by atoms with Crippen molar-refractivity contribution in [2.24, 2.45) is 0 Å². The molecule has 6 nitrogen and oxygen atoms in total. The SMILES string of the molecule is Cc1ccc(OCc2nc(CC(=O)Nc3cc(C)nn3Cc3ccccc3)cs2)cc1. The molecule has 0 atom stereocenters. The van der Waals surface area contributed by atoms with E-state index < -0.39 is 0 Å². The molecule has 0 spiro atoms. The first-order valence-corrected chi connectivity index (χ1v) is 10.9. The van der Waals surface area contributed by atoms with Crippen molar-refractivity contribution in [3.05, 3.63) is 93.6 Å². The minimum atomic E-state index is -0.120. The summed E-state index contributed by atoms with van der Waals surface area (Å²) in [4.78, 5) is 17.1. The van der Waals surface area contributed by atoms with Crippen LogP contribution in [-0.4, -0.2) is 20.7 Å². The number of anilines is 1. The Balaban J connectivity index is 1.34. The van der Waals surface area contributed by atoms with Gasteiger partial charge in [-0.2, -0.15) is 5.10 Å². The van der Waals surface area contributed by atoms with E-state index in [2.05, 4.69) is 15.4 Å². The van der Waals surface area contributed by atoms with Crippen LogP contribution in [0.15, 0.2) is 66.0 Å². The van der Waals surface area contributed by atoms with Crippen molar-refractivity contribution in [3.63, 3.8) is 0 Å². The van der Waals surface area contributed by atoms with Gasteiger partial charge in [0.15, 0.2) is 0 Å². The monoisotopic (exact) mass is 432 g/mol. The number of aryl methyl sites for hydroxylation is 2. The molecule has 4 rings (SSSR count). The number of nitrogens with zero attached hydrogens (tertiary/aromatic N) is 3. The van der Waals surface area contributed by atoms with Gasteiger partial charge in [-0.3, -0.25) is 4.79 Å². The molecule has 0 bridgehead atoms. The second-order valence-electron chi connectivity index (χ2n) is 7.37. The number of rotatable bonds is 8. The smallest absolute Gasteiger partial charge is 0.231 e. The number of benzene rings is 2. The molecule has 0 fully saturated rings. The molecule has 4 aromatic rings. The fourth-order valence-electron chi connectivity index (χ4n) is 3.15. The van der Waals surface area contributed by atoms with Gasteiger partial charge in [-0.05, 0) is 31.5 Å². The maximum Gasteiger partial charge on any atom is 0.231 e. The maximum atomic E-state index is 12.6. The molecule has 1 N–H and O–H groups in total. The number of hydrogen-bond donors (Lipinski definition) is 1. The third kappa shape index (κ3) is 5.79. The zero-order chi connectivity index (χ0) is 21.6. The van der Waals surface area contributed by atoms with E-state index in [4.69, 9.17) is 4.74 Å². The molecule has 0 aliphatic rings. The lowest BCUT2D eigenvalue weighted by Gasteiger charge is -2.08. The molecular weight excluding hydrogens is 408 g/mol. The van der Waals surface area contributed by atoms with E-state index in [1.165, 1.54) is 16.9 Å². The van der Waals surface area contributed by atoms with Crippen LogP contribution in [0.4, 0.5) is 5.82 Å². The molecule has 1 amide bonds. The number of aromatic nitrogens is 3. The van der Waals surface area contributed by atoms with E-state index in [-0.39, 0.29) is 12.3 Å². The number of hydrogen-bond acceptors (Lipinski definition) is 5. The second-order valence-corrected chi connectivity index (χ2v) is 8.32. The van der Waals surface area contributed by atoms with Gasteiger partial charge in [0.1, 0.15) is 23.2 Å². The molecule has 2 heterocycles. The summed E-state index contributed by atoms with van der Waals surface area (Å²) in [7, 11) is 0. The van der Waals surface area contributed by atoms with Crippen molar-refractivity contribution in [2.75, 3.05) is 5.32 Å².